The Bertz CT molecular complexity index is 1170. The van der Waals surface area contributed by atoms with Gasteiger partial charge in [0.1, 0.15) is 17.5 Å². The number of nitriles is 1. The number of aliphatic imine (C=N–C) groups is 1. The monoisotopic (exact) mass is 800 g/mol. The Hall–Kier alpha value is -2.06. The first-order chi connectivity index (χ1) is 19.4. The Morgan fingerprint density at radius 2 is 1.98 bits per heavy atom. The van der Waals surface area contributed by atoms with Crippen LogP contribution in [0.5, 0.6) is 0 Å². The van der Waals surface area contributed by atoms with Gasteiger partial charge >= 0.3 is 0 Å². The molecule has 0 aliphatic heterocycles. The molecule has 226 valence electrons. The van der Waals surface area contributed by atoms with Crippen molar-refractivity contribution in [2.24, 2.45) is 16.3 Å². The van der Waals surface area contributed by atoms with Gasteiger partial charge in [-0.2, -0.15) is 5.26 Å². The molecule has 0 spiro atoms. The summed E-state index contributed by atoms with van der Waals surface area (Å²) in [4.78, 5) is 25.5. The van der Waals surface area contributed by atoms with Crippen molar-refractivity contribution in [2.75, 3.05) is 11.4 Å². The molecular formula is C32H46BFN5O2U-. The number of halogens is 1. The van der Waals surface area contributed by atoms with Gasteiger partial charge in [0.15, 0.2) is 0 Å². The van der Waals surface area contributed by atoms with E-state index < -0.39 is 11.4 Å². The standard InChI is InChI=1S/C20H31BN3O2.C10H9FN2.C2H6.U/c1-5-6-9-20(4)10-15(7-8-16(20)21)13-24(14-25)18-12-22-17(11-23-18)19(2,3)26;1-3-13-10-5-9(11)8(6-12)4-7(10)2;1-2;/h11-12,15-16,26H,5-10,13H2,1-4H3;3-5H,1-2H3;1-2H3;/q-1;;;/t15?,16-,20+;;;/m0.../s1. The maximum atomic E-state index is 13.1. The van der Waals surface area contributed by atoms with E-state index in [0.29, 0.717) is 29.7 Å². The van der Waals surface area contributed by atoms with E-state index in [0.717, 1.165) is 31.2 Å². The fourth-order valence-electron chi connectivity index (χ4n) is 4.95. The number of aliphatic hydroxyl groups is 1. The summed E-state index contributed by atoms with van der Waals surface area (Å²) in [6.45, 7) is 15.9. The number of benzene rings is 1. The van der Waals surface area contributed by atoms with Crippen molar-refractivity contribution in [1.29, 1.82) is 5.26 Å². The topological polar surface area (TPSA) is 102 Å². The molecule has 2 aromatic rings. The molecule has 3 atom stereocenters. The first-order valence-corrected chi connectivity index (χ1v) is 14.5. The van der Waals surface area contributed by atoms with Gasteiger partial charge in [0.05, 0.1) is 31.2 Å². The molecule has 10 heteroatoms. The van der Waals surface area contributed by atoms with Crippen molar-refractivity contribution >= 4 is 32.0 Å². The van der Waals surface area contributed by atoms with Crippen molar-refractivity contribution in [3.8, 4) is 6.07 Å². The van der Waals surface area contributed by atoms with Crippen LogP contribution in [0.25, 0.3) is 0 Å². The molecule has 1 unspecified atom stereocenters. The van der Waals surface area contributed by atoms with Gasteiger partial charge in [-0.1, -0.05) is 52.8 Å². The Morgan fingerprint density at radius 1 is 1.31 bits per heavy atom. The molecule has 1 aliphatic rings. The number of hydrogen-bond acceptors (Lipinski definition) is 6. The van der Waals surface area contributed by atoms with Crippen molar-refractivity contribution in [2.45, 2.75) is 105 Å². The summed E-state index contributed by atoms with van der Waals surface area (Å²) < 4.78 is 13.1. The number of rotatable bonds is 9. The maximum absolute atomic E-state index is 13.1. The van der Waals surface area contributed by atoms with E-state index in [4.69, 9.17) is 13.1 Å². The second kappa shape index (κ2) is 19.3. The zero-order valence-corrected chi connectivity index (χ0v) is 30.7. The number of aryl methyl sites for hydroxylation is 1. The minimum atomic E-state index is -1.05. The van der Waals surface area contributed by atoms with Crippen LogP contribution >= 0.6 is 0 Å². The van der Waals surface area contributed by atoms with E-state index in [1.165, 1.54) is 42.3 Å². The summed E-state index contributed by atoms with van der Waals surface area (Å²) in [5, 5.41) is 18.5. The minimum Gasteiger partial charge on any atom is -0.461 e. The summed E-state index contributed by atoms with van der Waals surface area (Å²) in [6.07, 6.45) is 13.1. The number of amides is 1. The largest absolute Gasteiger partial charge is 0.461 e. The van der Waals surface area contributed by atoms with E-state index >= 15 is 0 Å². The first-order valence-electron chi connectivity index (χ1n) is 14.5. The molecule has 1 heterocycles. The molecule has 1 saturated carbocycles. The second-order valence-electron chi connectivity index (χ2n) is 11.1. The van der Waals surface area contributed by atoms with E-state index in [2.05, 4.69) is 28.8 Å². The summed E-state index contributed by atoms with van der Waals surface area (Å²) in [5.41, 5.74) is 0.983. The van der Waals surface area contributed by atoms with E-state index in [1.807, 2.05) is 20.3 Å². The Morgan fingerprint density at radius 3 is 2.48 bits per heavy atom. The predicted molar refractivity (Wildman–Crippen MR) is 166 cm³/mol. The third-order valence-electron chi connectivity index (χ3n) is 7.40. The minimum absolute atomic E-state index is 0. The normalized spacial score (nSPS) is 19.7. The van der Waals surface area contributed by atoms with Gasteiger partial charge in [0.2, 0.25) is 0 Å². The number of anilines is 1. The number of unbranched alkanes of at least 4 members (excludes halogenated alkanes) is 1. The molecule has 2 radical (unpaired) electrons. The average Bonchev–Trinajstić information content (AvgIpc) is 2.95. The first kappa shape index (κ1) is 39.9. The molecule has 1 amide bonds. The molecule has 7 nitrogen and oxygen atoms in total. The number of hydrogen-bond donors (Lipinski definition) is 1. The Balaban J connectivity index is 0.000000886. The molecule has 42 heavy (non-hydrogen) atoms. The van der Waals surface area contributed by atoms with Crippen LogP contribution in [0.15, 0.2) is 29.5 Å². The van der Waals surface area contributed by atoms with Crippen molar-refractivity contribution < 1.29 is 45.4 Å². The zero-order valence-electron chi connectivity index (χ0n) is 26.5. The smallest absolute Gasteiger partial charge is 0.143 e. The zero-order chi connectivity index (χ0) is 31.2. The molecule has 1 fully saturated rings. The Kier molecular flexibility index (Phi) is 18.3. The average molecular weight is 801 g/mol. The summed E-state index contributed by atoms with van der Waals surface area (Å²) in [6, 6.07) is 4.55. The van der Waals surface area contributed by atoms with Gasteiger partial charge in [-0.3, -0.25) is 9.98 Å². The van der Waals surface area contributed by atoms with Crippen molar-refractivity contribution in [3.05, 3.63) is 47.2 Å². The molecule has 1 aromatic heterocycles. The Labute approximate surface area is 277 Å². The van der Waals surface area contributed by atoms with Gasteiger partial charge in [-0.15, -0.1) is 0 Å². The van der Waals surface area contributed by atoms with Gasteiger partial charge in [0.25, 0.3) is 0 Å². The molecule has 1 aromatic carbocycles. The number of aromatic nitrogens is 2. The number of nitrogens with zero attached hydrogens (tertiary/aromatic N) is 5. The summed E-state index contributed by atoms with van der Waals surface area (Å²) in [7, 11) is 6.41. The van der Waals surface area contributed by atoms with Crippen molar-refractivity contribution in [1.82, 2.24) is 9.97 Å². The summed E-state index contributed by atoms with van der Waals surface area (Å²) in [5.74, 6) is 0.561. The van der Waals surface area contributed by atoms with E-state index in [-0.39, 0.29) is 47.9 Å². The molecular weight excluding hydrogens is 754 g/mol. The van der Waals surface area contributed by atoms with E-state index in [1.54, 1.807) is 40.0 Å². The van der Waals surface area contributed by atoms with Crippen LogP contribution in [0.3, 0.4) is 0 Å². The van der Waals surface area contributed by atoms with Crippen molar-refractivity contribution in [3.63, 3.8) is 0 Å². The quantitative estimate of drug-likeness (QED) is 0.124. The SMILES string of the molecule is CC.CC=Nc1cc(F)c(C#N)cc1C.[B][C@H]1CCC(CN([C-]=O)c2cnc(C(C)(C)O)cn2)C[C@@]1(C)CCCC.[U]. The van der Waals surface area contributed by atoms with Crippen LogP contribution in [0.1, 0.15) is 104 Å². The summed E-state index contributed by atoms with van der Waals surface area (Å²) >= 11 is 0. The van der Waals surface area contributed by atoms with Crippen LogP contribution in [0, 0.1) is 66.5 Å². The van der Waals surface area contributed by atoms with Crippen LogP contribution in [0.2, 0.25) is 5.82 Å². The number of carbonyl (C=O) groups excluding carboxylic acids is 1. The fourth-order valence-corrected chi connectivity index (χ4v) is 4.95. The van der Waals surface area contributed by atoms with Gasteiger partial charge in [0, 0.05) is 55.4 Å². The third kappa shape index (κ3) is 11.9. The molecule has 0 bridgehead atoms. The molecule has 1 aliphatic carbocycles. The van der Waals surface area contributed by atoms with Gasteiger partial charge in [-0.05, 0) is 82.7 Å². The molecule has 3 rings (SSSR count). The second-order valence-corrected chi connectivity index (χ2v) is 11.1. The van der Waals surface area contributed by atoms with Gasteiger partial charge in [-0.25, -0.2) is 4.39 Å². The third-order valence-corrected chi connectivity index (χ3v) is 7.40. The molecule has 0 saturated heterocycles. The van der Waals surface area contributed by atoms with Crippen LogP contribution in [-0.2, 0) is 10.4 Å². The molecule has 1 N–H and O–H groups in total. The van der Waals surface area contributed by atoms with Crippen LogP contribution < -0.4 is 4.90 Å². The fraction of sp³-hybridized carbons (Fsp3) is 0.594. The van der Waals surface area contributed by atoms with Crippen LogP contribution in [0.4, 0.5) is 15.9 Å². The van der Waals surface area contributed by atoms with E-state index in [9.17, 15) is 14.3 Å². The van der Waals surface area contributed by atoms with Gasteiger partial charge < -0.3 is 19.8 Å². The predicted octanol–water partition coefficient (Wildman–Crippen LogP) is 7.29. The maximum Gasteiger partial charge on any atom is 0.143 e. The van der Waals surface area contributed by atoms with Crippen LogP contribution in [-0.4, -0.2) is 42.1 Å².